The molecule has 0 spiro atoms. The van der Waals surface area contributed by atoms with Gasteiger partial charge in [0.1, 0.15) is 0 Å². The van der Waals surface area contributed by atoms with Crippen molar-refractivity contribution < 1.29 is 9.53 Å². The van der Waals surface area contributed by atoms with Crippen molar-refractivity contribution in [3.05, 3.63) is 0 Å². The maximum atomic E-state index is 12.1. The lowest BCUT2D eigenvalue weighted by Crippen LogP contribution is -2.52. The zero-order valence-electron chi connectivity index (χ0n) is 12.7. The first kappa shape index (κ1) is 22.2. The number of nitrogens with two attached hydrogens (primary N) is 1. The molecule has 20 heavy (non-hydrogen) atoms. The second-order valence-corrected chi connectivity index (χ2v) is 5.01. The third-order valence-corrected chi connectivity index (χ3v) is 3.62. The predicted octanol–water partition coefficient (Wildman–Crippen LogP) is 0.994. The summed E-state index contributed by atoms with van der Waals surface area (Å²) in [6.07, 6.45) is 0. The van der Waals surface area contributed by atoms with Gasteiger partial charge in [0.05, 0.1) is 12.5 Å². The summed E-state index contributed by atoms with van der Waals surface area (Å²) in [7, 11) is 0. The Balaban J connectivity index is 0. The van der Waals surface area contributed by atoms with Crippen molar-refractivity contribution >= 4 is 30.7 Å². The molecule has 1 aliphatic rings. The quantitative estimate of drug-likeness (QED) is 0.738. The molecule has 1 fully saturated rings. The number of halogens is 2. The highest BCUT2D eigenvalue weighted by atomic mass is 35.5. The van der Waals surface area contributed by atoms with E-state index in [1.807, 2.05) is 25.7 Å². The summed E-state index contributed by atoms with van der Waals surface area (Å²) in [5.41, 5.74) is 5.78. The van der Waals surface area contributed by atoms with Gasteiger partial charge in [0.25, 0.3) is 0 Å². The molecule has 1 rings (SSSR count). The molecule has 1 saturated heterocycles. The van der Waals surface area contributed by atoms with Crippen molar-refractivity contribution in [1.29, 1.82) is 0 Å². The van der Waals surface area contributed by atoms with Crippen molar-refractivity contribution in [2.45, 2.75) is 26.8 Å². The number of carbonyl (C=O) groups excluding carboxylic acids is 1. The molecule has 0 aromatic rings. The monoisotopic (exact) mass is 329 g/mol. The van der Waals surface area contributed by atoms with Crippen LogP contribution in [0.1, 0.15) is 20.8 Å². The molecule has 0 radical (unpaired) electrons. The minimum Gasteiger partial charge on any atom is -0.380 e. The van der Waals surface area contributed by atoms with E-state index in [4.69, 9.17) is 10.5 Å². The average Bonchev–Trinajstić information content (AvgIpc) is 2.38. The molecule has 0 aliphatic carbocycles. The third kappa shape index (κ3) is 7.09. The molecule has 0 bridgehead atoms. The van der Waals surface area contributed by atoms with Gasteiger partial charge in [-0.2, -0.15) is 0 Å². The van der Waals surface area contributed by atoms with E-state index in [2.05, 4.69) is 4.90 Å². The first-order chi connectivity index (χ1) is 8.56. The molecule has 0 aromatic carbocycles. The van der Waals surface area contributed by atoms with Gasteiger partial charge < -0.3 is 15.4 Å². The van der Waals surface area contributed by atoms with E-state index in [9.17, 15) is 4.79 Å². The van der Waals surface area contributed by atoms with E-state index in [0.29, 0.717) is 0 Å². The number of piperazine rings is 1. The van der Waals surface area contributed by atoms with Crippen molar-refractivity contribution in [3.8, 4) is 0 Å². The first-order valence-electron chi connectivity index (χ1n) is 6.90. The summed E-state index contributed by atoms with van der Waals surface area (Å²) in [6, 6.07) is -0.0755. The number of hydrogen-bond donors (Lipinski definition) is 1. The van der Waals surface area contributed by atoms with E-state index >= 15 is 0 Å². The summed E-state index contributed by atoms with van der Waals surface area (Å²) in [5, 5.41) is 0. The summed E-state index contributed by atoms with van der Waals surface area (Å²) in [4.78, 5) is 16.4. The summed E-state index contributed by atoms with van der Waals surface area (Å²) in [5.74, 6) is 0.106. The van der Waals surface area contributed by atoms with Crippen LogP contribution in [0.25, 0.3) is 0 Å². The van der Waals surface area contributed by atoms with Gasteiger partial charge in [-0.1, -0.05) is 6.92 Å². The summed E-state index contributed by atoms with van der Waals surface area (Å²) >= 11 is 0. The van der Waals surface area contributed by atoms with Crippen LogP contribution in [0.2, 0.25) is 0 Å². The number of amides is 1. The standard InChI is InChI=1S/C13H27N3O2.2ClH/c1-4-18-10-9-15-5-7-16(8-6-15)13(17)11(2)12(3)14;;/h11-12H,4-10,14H2,1-3H3;2*1H. The molecule has 1 heterocycles. The van der Waals surface area contributed by atoms with Gasteiger partial charge in [0.15, 0.2) is 0 Å². The fourth-order valence-electron chi connectivity index (χ4n) is 2.04. The highest BCUT2D eigenvalue weighted by Crippen LogP contribution is 2.09. The van der Waals surface area contributed by atoms with Crippen molar-refractivity contribution in [1.82, 2.24) is 9.80 Å². The first-order valence-corrected chi connectivity index (χ1v) is 6.90. The van der Waals surface area contributed by atoms with Crippen LogP contribution < -0.4 is 5.73 Å². The zero-order chi connectivity index (χ0) is 13.5. The fraction of sp³-hybridized carbons (Fsp3) is 0.923. The van der Waals surface area contributed by atoms with Crippen LogP contribution >= 0.6 is 24.8 Å². The lowest BCUT2D eigenvalue weighted by atomic mass is 10.0. The van der Waals surface area contributed by atoms with E-state index in [1.165, 1.54) is 0 Å². The number of ether oxygens (including phenoxy) is 1. The minimum absolute atomic E-state index is 0. The van der Waals surface area contributed by atoms with E-state index in [0.717, 1.165) is 45.9 Å². The Kier molecular flexibility index (Phi) is 12.9. The highest BCUT2D eigenvalue weighted by molar-refractivity contribution is 5.85. The molecule has 1 amide bonds. The van der Waals surface area contributed by atoms with Crippen molar-refractivity contribution in [2.75, 3.05) is 45.9 Å². The predicted molar refractivity (Wildman–Crippen MR) is 86.8 cm³/mol. The summed E-state index contributed by atoms with van der Waals surface area (Å²) < 4.78 is 5.34. The second kappa shape index (κ2) is 11.6. The van der Waals surface area contributed by atoms with Gasteiger partial charge in [-0.05, 0) is 13.8 Å². The van der Waals surface area contributed by atoms with Gasteiger partial charge in [-0.25, -0.2) is 0 Å². The van der Waals surface area contributed by atoms with Crippen LogP contribution in [0, 0.1) is 5.92 Å². The number of nitrogens with zero attached hydrogens (tertiary/aromatic N) is 2. The van der Waals surface area contributed by atoms with Crippen LogP contribution in [-0.4, -0.2) is 67.7 Å². The Morgan fingerprint density at radius 2 is 1.75 bits per heavy atom. The van der Waals surface area contributed by atoms with Gasteiger partial charge in [0, 0.05) is 45.4 Å². The normalized spacial score (nSPS) is 18.7. The molecule has 122 valence electrons. The second-order valence-electron chi connectivity index (χ2n) is 5.01. The molecular weight excluding hydrogens is 301 g/mol. The van der Waals surface area contributed by atoms with Gasteiger partial charge >= 0.3 is 0 Å². The fourth-order valence-corrected chi connectivity index (χ4v) is 2.04. The summed E-state index contributed by atoms with van der Waals surface area (Å²) in [6.45, 7) is 11.8. The SMILES string of the molecule is CCOCCN1CCN(C(=O)C(C)C(C)N)CC1.Cl.Cl. The minimum atomic E-state index is -0.0834. The Bertz CT molecular complexity index is 260. The highest BCUT2D eigenvalue weighted by Gasteiger charge is 2.26. The van der Waals surface area contributed by atoms with E-state index in [1.54, 1.807) is 0 Å². The average molecular weight is 330 g/mol. The molecule has 2 atom stereocenters. The lowest BCUT2D eigenvalue weighted by molar-refractivity contribution is -0.137. The molecule has 0 aromatic heterocycles. The molecule has 1 aliphatic heterocycles. The maximum Gasteiger partial charge on any atom is 0.227 e. The van der Waals surface area contributed by atoms with Crippen LogP contribution in [0.15, 0.2) is 0 Å². The largest absolute Gasteiger partial charge is 0.380 e. The Morgan fingerprint density at radius 1 is 1.20 bits per heavy atom. The Labute approximate surface area is 135 Å². The van der Waals surface area contributed by atoms with Crippen LogP contribution in [-0.2, 0) is 9.53 Å². The zero-order valence-corrected chi connectivity index (χ0v) is 14.3. The van der Waals surface area contributed by atoms with Crippen molar-refractivity contribution in [3.63, 3.8) is 0 Å². The molecule has 2 unspecified atom stereocenters. The van der Waals surface area contributed by atoms with Gasteiger partial charge in [-0.3, -0.25) is 9.69 Å². The van der Waals surface area contributed by atoms with E-state index in [-0.39, 0.29) is 42.7 Å². The van der Waals surface area contributed by atoms with Gasteiger partial charge in [-0.15, -0.1) is 24.8 Å². The molecule has 7 heteroatoms. The molecule has 2 N–H and O–H groups in total. The molecular formula is C13H29Cl2N3O2. The van der Waals surface area contributed by atoms with Crippen LogP contribution in [0.5, 0.6) is 0 Å². The van der Waals surface area contributed by atoms with Crippen molar-refractivity contribution in [2.24, 2.45) is 11.7 Å². The maximum absolute atomic E-state index is 12.1. The van der Waals surface area contributed by atoms with Gasteiger partial charge in [0.2, 0.25) is 5.91 Å². The topological polar surface area (TPSA) is 58.8 Å². The number of rotatable bonds is 6. The van der Waals surface area contributed by atoms with Crippen LogP contribution in [0.4, 0.5) is 0 Å². The molecule has 5 nitrogen and oxygen atoms in total. The smallest absolute Gasteiger partial charge is 0.227 e. The Morgan fingerprint density at radius 3 is 2.20 bits per heavy atom. The number of carbonyl (C=O) groups is 1. The third-order valence-electron chi connectivity index (χ3n) is 3.62. The lowest BCUT2D eigenvalue weighted by Gasteiger charge is -2.36. The molecule has 0 saturated carbocycles. The Hall–Kier alpha value is -0.0700. The van der Waals surface area contributed by atoms with Crippen LogP contribution in [0.3, 0.4) is 0 Å². The van der Waals surface area contributed by atoms with E-state index < -0.39 is 0 Å². The number of hydrogen-bond acceptors (Lipinski definition) is 4.